The van der Waals surface area contributed by atoms with Crippen LogP contribution in [-0.4, -0.2) is 11.6 Å². The summed E-state index contributed by atoms with van der Waals surface area (Å²) in [6.07, 6.45) is 6.00. The summed E-state index contributed by atoms with van der Waals surface area (Å²) >= 11 is 0. The highest BCUT2D eigenvalue weighted by Gasteiger charge is 2.45. The number of nitrogens with two attached hydrogens (primary N) is 1. The van der Waals surface area contributed by atoms with Gasteiger partial charge in [0.15, 0.2) is 0 Å². The lowest BCUT2D eigenvalue weighted by atomic mass is 9.94. The van der Waals surface area contributed by atoms with E-state index in [1.165, 1.54) is 12.8 Å². The Morgan fingerprint density at radius 1 is 1.45 bits per heavy atom. The van der Waals surface area contributed by atoms with Gasteiger partial charge < -0.3 is 11.1 Å². The summed E-state index contributed by atoms with van der Waals surface area (Å²) in [5, 5.41) is 2.89. The number of hydrogen-bond donors (Lipinski definition) is 2. The molecule has 2 saturated carbocycles. The normalized spacial score (nSPS) is 40.9. The number of fused-ring (bicyclic) bond motifs is 2. The molecule has 2 rings (SSSR count). The monoisotopic (exact) mass is 154 g/mol. The van der Waals surface area contributed by atoms with Crippen molar-refractivity contribution in [3.05, 3.63) is 0 Å². The number of nitrogens with one attached hydrogen (secondary N) is 1. The topological polar surface area (TPSA) is 55.1 Å². The molecule has 3 nitrogen and oxygen atoms in total. The van der Waals surface area contributed by atoms with Gasteiger partial charge in [-0.2, -0.15) is 0 Å². The van der Waals surface area contributed by atoms with E-state index in [1.807, 2.05) is 0 Å². The third-order valence-electron chi connectivity index (χ3n) is 3.13. The van der Waals surface area contributed by atoms with E-state index < -0.39 is 0 Å². The van der Waals surface area contributed by atoms with Crippen LogP contribution in [0.5, 0.6) is 0 Å². The van der Waals surface area contributed by atoms with Gasteiger partial charge in [0, 0.05) is 5.54 Å². The summed E-state index contributed by atoms with van der Waals surface area (Å²) in [5.74, 6) is 0.863. The third kappa shape index (κ3) is 1.08. The van der Waals surface area contributed by atoms with E-state index in [2.05, 4.69) is 5.32 Å². The van der Waals surface area contributed by atoms with E-state index in [0.717, 1.165) is 25.2 Å². The zero-order valence-corrected chi connectivity index (χ0v) is 6.60. The number of hydrogen-bond acceptors (Lipinski definition) is 1. The Kier molecular flexibility index (Phi) is 1.34. The van der Waals surface area contributed by atoms with Crippen LogP contribution in [0.1, 0.15) is 32.1 Å². The molecule has 0 atom stereocenters. The first-order valence-electron chi connectivity index (χ1n) is 4.28. The quantitative estimate of drug-likeness (QED) is 0.581. The Morgan fingerprint density at radius 2 is 2.09 bits per heavy atom. The van der Waals surface area contributed by atoms with Crippen LogP contribution in [0.15, 0.2) is 0 Å². The fourth-order valence-electron chi connectivity index (χ4n) is 2.63. The van der Waals surface area contributed by atoms with Crippen molar-refractivity contribution in [2.24, 2.45) is 11.7 Å². The highest BCUT2D eigenvalue weighted by molar-refractivity contribution is 5.72. The summed E-state index contributed by atoms with van der Waals surface area (Å²) < 4.78 is 0. The van der Waals surface area contributed by atoms with Crippen LogP contribution in [0, 0.1) is 5.92 Å². The summed E-state index contributed by atoms with van der Waals surface area (Å²) in [6.45, 7) is 0. The fraction of sp³-hybridized carbons (Fsp3) is 0.875. The smallest absolute Gasteiger partial charge is 0.312 e. The standard InChI is InChI=1S/C8H14N2O/c9-7(11)10-8-3-1-6(5-8)2-4-8/h6H,1-5H2,(H3,9,10,11). The zero-order chi connectivity index (χ0) is 7.90. The summed E-state index contributed by atoms with van der Waals surface area (Å²) in [4.78, 5) is 10.6. The van der Waals surface area contributed by atoms with Gasteiger partial charge in [0.1, 0.15) is 0 Å². The van der Waals surface area contributed by atoms with Crippen LogP contribution in [0.3, 0.4) is 0 Å². The molecule has 0 aromatic heterocycles. The van der Waals surface area contributed by atoms with E-state index in [4.69, 9.17) is 5.73 Å². The van der Waals surface area contributed by atoms with Crippen molar-refractivity contribution >= 4 is 6.03 Å². The van der Waals surface area contributed by atoms with Gasteiger partial charge in [0.05, 0.1) is 0 Å². The SMILES string of the molecule is NC(=O)NC12CCC(CC1)C2. The molecule has 0 spiro atoms. The van der Waals surface area contributed by atoms with Crippen molar-refractivity contribution in [2.75, 3.05) is 0 Å². The number of primary amides is 1. The van der Waals surface area contributed by atoms with Gasteiger partial charge in [-0.05, 0) is 38.0 Å². The van der Waals surface area contributed by atoms with Gasteiger partial charge in [-0.3, -0.25) is 0 Å². The van der Waals surface area contributed by atoms with Gasteiger partial charge in [0.2, 0.25) is 0 Å². The number of rotatable bonds is 1. The Hall–Kier alpha value is -0.730. The lowest BCUT2D eigenvalue weighted by molar-refractivity contribution is 0.232. The minimum absolute atomic E-state index is 0.108. The minimum Gasteiger partial charge on any atom is -0.352 e. The first kappa shape index (κ1) is 6.95. The average molecular weight is 154 g/mol. The lowest BCUT2D eigenvalue weighted by Crippen LogP contribution is -2.47. The second-order valence-electron chi connectivity index (χ2n) is 3.92. The molecule has 3 heteroatoms. The summed E-state index contributed by atoms with van der Waals surface area (Å²) in [7, 11) is 0. The molecule has 0 aromatic rings. The molecule has 0 saturated heterocycles. The van der Waals surface area contributed by atoms with Crippen LogP contribution < -0.4 is 11.1 Å². The Labute approximate surface area is 66.3 Å². The predicted octanol–water partition coefficient (Wildman–Crippen LogP) is 0.987. The molecule has 2 aliphatic rings. The molecule has 0 aromatic carbocycles. The van der Waals surface area contributed by atoms with Crippen LogP contribution in [0.25, 0.3) is 0 Å². The molecule has 2 amide bonds. The summed E-state index contributed by atoms with van der Waals surface area (Å²) in [6, 6.07) is -0.354. The van der Waals surface area contributed by atoms with Gasteiger partial charge >= 0.3 is 6.03 Å². The third-order valence-corrected chi connectivity index (χ3v) is 3.13. The fourth-order valence-corrected chi connectivity index (χ4v) is 2.63. The molecule has 0 unspecified atom stereocenters. The molecule has 2 bridgehead atoms. The van der Waals surface area contributed by atoms with Crippen molar-refractivity contribution in [3.8, 4) is 0 Å². The molecule has 11 heavy (non-hydrogen) atoms. The molecule has 0 radical (unpaired) electrons. The van der Waals surface area contributed by atoms with E-state index in [9.17, 15) is 4.79 Å². The highest BCUT2D eigenvalue weighted by Crippen LogP contribution is 2.47. The van der Waals surface area contributed by atoms with E-state index in [1.54, 1.807) is 0 Å². The molecule has 0 aliphatic heterocycles. The Bertz CT molecular complexity index is 183. The van der Waals surface area contributed by atoms with Crippen LogP contribution in [-0.2, 0) is 0 Å². The zero-order valence-electron chi connectivity index (χ0n) is 6.60. The molecule has 0 heterocycles. The first-order valence-corrected chi connectivity index (χ1v) is 4.28. The highest BCUT2D eigenvalue weighted by atomic mass is 16.2. The van der Waals surface area contributed by atoms with Crippen molar-refractivity contribution in [2.45, 2.75) is 37.6 Å². The van der Waals surface area contributed by atoms with Crippen molar-refractivity contribution < 1.29 is 4.79 Å². The molecule has 2 aliphatic carbocycles. The Balaban J connectivity index is 2.05. The van der Waals surface area contributed by atoms with Gasteiger partial charge in [-0.15, -0.1) is 0 Å². The maximum Gasteiger partial charge on any atom is 0.312 e. The maximum atomic E-state index is 10.6. The number of amides is 2. The van der Waals surface area contributed by atoms with Crippen molar-refractivity contribution in [3.63, 3.8) is 0 Å². The second-order valence-corrected chi connectivity index (χ2v) is 3.92. The molecular formula is C8H14N2O. The van der Waals surface area contributed by atoms with Gasteiger partial charge in [-0.1, -0.05) is 0 Å². The number of carbonyl (C=O) groups excluding carboxylic acids is 1. The summed E-state index contributed by atoms with van der Waals surface area (Å²) in [5.41, 5.74) is 5.21. The molecule has 3 N–H and O–H groups in total. The largest absolute Gasteiger partial charge is 0.352 e. The first-order chi connectivity index (χ1) is 5.20. The van der Waals surface area contributed by atoms with Crippen molar-refractivity contribution in [1.82, 2.24) is 5.32 Å². The molecular weight excluding hydrogens is 140 g/mol. The predicted molar refractivity (Wildman–Crippen MR) is 42.0 cm³/mol. The van der Waals surface area contributed by atoms with Gasteiger partial charge in [0.25, 0.3) is 0 Å². The molecule has 62 valence electrons. The maximum absolute atomic E-state index is 10.6. The van der Waals surface area contributed by atoms with Crippen LogP contribution in [0.2, 0.25) is 0 Å². The van der Waals surface area contributed by atoms with E-state index in [-0.39, 0.29) is 11.6 Å². The minimum atomic E-state index is -0.354. The molecule has 2 fully saturated rings. The lowest BCUT2D eigenvalue weighted by Gasteiger charge is -2.26. The second kappa shape index (κ2) is 2.13. The Morgan fingerprint density at radius 3 is 2.45 bits per heavy atom. The van der Waals surface area contributed by atoms with Crippen molar-refractivity contribution in [1.29, 1.82) is 0 Å². The van der Waals surface area contributed by atoms with Gasteiger partial charge in [-0.25, -0.2) is 4.79 Å². The number of carbonyl (C=O) groups is 1. The average Bonchev–Trinajstić information content (AvgIpc) is 2.43. The van der Waals surface area contributed by atoms with Crippen LogP contribution >= 0.6 is 0 Å². The van der Waals surface area contributed by atoms with E-state index in [0.29, 0.717) is 0 Å². The van der Waals surface area contributed by atoms with Crippen LogP contribution in [0.4, 0.5) is 4.79 Å². The van der Waals surface area contributed by atoms with E-state index >= 15 is 0 Å². The number of urea groups is 1.